The number of methoxy groups -OCH3 is 1. The number of aromatic nitrogens is 1. The van der Waals surface area contributed by atoms with Crippen molar-refractivity contribution in [1.82, 2.24) is 10.3 Å². The van der Waals surface area contributed by atoms with E-state index in [1.54, 1.807) is 19.2 Å². The third-order valence-electron chi connectivity index (χ3n) is 4.29. The Morgan fingerprint density at radius 1 is 1.22 bits per heavy atom. The summed E-state index contributed by atoms with van der Waals surface area (Å²) in [6, 6.07) is 11.5. The first-order chi connectivity index (χ1) is 11.1. The summed E-state index contributed by atoms with van der Waals surface area (Å²) in [7, 11) is 1.76. The molecule has 0 atom stereocenters. The van der Waals surface area contributed by atoms with Crippen molar-refractivity contribution in [3.05, 3.63) is 64.4 Å². The van der Waals surface area contributed by atoms with E-state index in [4.69, 9.17) is 16.3 Å². The third kappa shape index (κ3) is 3.78. The van der Waals surface area contributed by atoms with Gasteiger partial charge in [-0.15, -0.1) is 0 Å². The maximum Gasteiger partial charge on any atom is 0.168 e. The molecule has 1 saturated heterocycles. The number of rotatable bonds is 6. The van der Waals surface area contributed by atoms with Gasteiger partial charge in [-0.05, 0) is 23.3 Å². The van der Waals surface area contributed by atoms with Gasteiger partial charge in [0.25, 0.3) is 0 Å². The fourth-order valence-corrected chi connectivity index (χ4v) is 2.83. The SMILES string of the molecule is COC1(Cc2ccc(CC(=O)c3ccc(Cl)nc3)cc2)CNC1. The standard InChI is InChI=1S/C18H19ClN2O2/c1-23-18(11-20-12-18)9-14-4-2-13(3-5-14)8-16(22)15-6-7-17(19)21-10-15/h2-7,10,20H,8-9,11-12H2,1H3. The van der Waals surface area contributed by atoms with Gasteiger partial charge in [0, 0.05) is 44.8 Å². The topological polar surface area (TPSA) is 51.2 Å². The van der Waals surface area contributed by atoms with Crippen molar-refractivity contribution < 1.29 is 9.53 Å². The Hall–Kier alpha value is -1.75. The van der Waals surface area contributed by atoms with Crippen molar-refractivity contribution in [2.75, 3.05) is 20.2 Å². The molecule has 0 amide bonds. The molecule has 23 heavy (non-hydrogen) atoms. The lowest BCUT2D eigenvalue weighted by atomic mass is 9.88. The summed E-state index contributed by atoms with van der Waals surface area (Å²) in [5, 5.41) is 3.64. The zero-order chi connectivity index (χ0) is 16.3. The summed E-state index contributed by atoms with van der Waals surface area (Å²) in [5.74, 6) is 0.0403. The van der Waals surface area contributed by atoms with Crippen LogP contribution in [0.1, 0.15) is 21.5 Å². The average Bonchev–Trinajstić information content (AvgIpc) is 2.53. The second-order valence-electron chi connectivity index (χ2n) is 5.95. The van der Waals surface area contributed by atoms with Crippen molar-refractivity contribution in [3.63, 3.8) is 0 Å². The van der Waals surface area contributed by atoms with Crippen LogP contribution in [-0.2, 0) is 17.6 Å². The minimum atomic E-state index is -0.0771. The number of halogens is 1. The van der Waals surface area contributed by atoms with Crippen molar-refractivity contribution >= 4 is 17.4 Å². The van der Waals surface area contributed by atoms with E-state index in [0.29, 0.717) is 17.1 Å². The van der Waals surface area contributed by atoms with Gasteiger partial charge in [-0.1, -0.05) is 35.9 Å². The highest BCUT2D eigenvalue weighted by Crippen LogP contribution is 2.22. The molecule has 0 spiro atoms. The Labute approximate surface area is 140 Å². The lowest BCUT2D eigenvalue weighted by molar-refractivity contribution is -0.0502. The second-order valence-corrected chi connectivity index (χ2v) is 6.34. The van der Waals surface area contributed by atoms with E-state index in [9.17, 15) is 4.79 Å². The van der Waals surface area contributed by atoms with Crippen LogP contribution in [0, 0.1) is 0 Å². The molecule has 1 N–H and O–H groups in total. The highest BCUT2D eigenvalue weighted by atomic mass is 35.5. The molecule has 0 bridgehead atoms. The molecule has 1 aliphatic rings. The number of ether oxygens (including phenoxy) is 1. The highest BCUT2D eigenvalue weighted by molar-refractivity contribution is 6.29. The van der Waals surface area contributed by atoms with Crippen molar-refractivity contribution in [2.45, 2.75) is 18.4 Å². The normalized spacial score (nSPS) is 15.9. The number of carbonyl (C=O) groups excluding carboxylic acids is 1. The van der Waals surface area contributed by atoms with Crippen molar-refractivity contribution in [1.29, 1.82) is 0 Å². The molecule has 1 aromatic heterocycles. The fraction of sp³-hybridized carbons (Fsp3) is 0.333. The molecule has 120 valence electrons. The third-order valence-corrected chi connectivity index (χ3v) is 4.51. The number of pyridine rings is 1. The minimum absolute atomic E-state index is 0.0403. The van der Waals surface area contributed by atoms with E-state index in [-0.39, 0.29) is 11.4 Å². The number of nitrogens with zero attached hydrogens (tertiary/aromatic N) is 1. The lowest BCUT2D eigenvalue weighted by Crippen LogP contribution is -2.61. The van der Waals surface area contributed by atoms with Crippen LogP contribution in [-0.4, -0.2) is 36.6 Å². The second kappa shape index (κ2) is 6.79. The Morgan fingerprint density at radius 2 is 1.91 bits per heavy atom. The number of ketones is 1. The Morgan fingerprint density at radius 3 is 2.43 bits per heavy atom. The van der Waals surface area contributed by atoms with Gasteiger partial charge in [-0.3, -0.25) is 4.79 Å². The molecule has 0 aliphatic carbocycles. The monoisotopic (exact) mass is 330 g/mol. The number of benzene rings is 1. The van der Waals surface area contributed by atoms with E-state index >= 15 is 0 Å². The van der Waals surface area contributed by atoms with Gasteiger partial charge in [0.05, 0.1) is 5.60 Å². The maximum absolute atomic E-state index is 12.2. The minimum Gasteiger partial charge on any atom is -0.375 e. The Kier molecular flexibility index (Phi) is 4.76. The number of hydrogen-bond donors (Lipinski definition) is 1. The van der Waals surface area contributed by atoms with Gasteiger partial charge in [0.2, 0.25) is 0 Å². The lowest BCUT2D eigenvalue weighted by Gasteiger charge is -2.41. The fourth-order valence-electron chi connectivity index (χ4n) is 2.72. The van der Waals surface area contributed by atoms with Crippen LogP contribution in [0.3, 0.4) is 0 Å². The van der Waals surface area contributed by atoms with Gasteiger partial charge in [0.1, 0.15) is 5.15 Å². The largest absolute Gasteiger partial charge is 0.375 e. The van der Waals surface area contributed by atoms with Gasteiger partial charge >= 0.3 is 0 Å². The molecule has 1 aliphatic heterocycles. The van der Waals surface area contributed by atoms with E-state index in [1.165, 1.54) is 11.8 Å². The molecule has 1 fully saturated rings. The van der Waals surface area contributed by atoms with Gasteiger partial charge in [-0.2, -0.15) is 0 Å². The van der Waals surface area contributed by atoms with Crippen molar-refractivity contribution in [2.24, 2.45) is 0 Å². The summed E-state index contributed by atoms with van der Waals surface area (Å²) in [6.45, 7) is 1.76. The molecule has 3 rings (SSSR count). The van der Waals surface area contributed by atoms with Gasteiger partial charge < -0.3 is 10.1 Å². The molecule has 2 heterocycles. The smallest absolute Gasteiger partial charge is 0.168 e. The first-order valence-corrected chi connectivity index (χ1v) is 7.96. The summed E-state index contributed by atoms with van der Waals surface area (Å²) in [5.41, 5.74) is 2.72. The molecule has 2 aromatic rings. The Balaban J connectivity index is 1.63. The van der Waals surface area contributed by atoms with Crippen LogP contribution in [0.4, 0.5) is 0 Å². The molecule has 0 unspecified atom stereocenters. The van der Waals surface area contributed by atoms with Gasteiger partial charge in [0.15, 0.2) is 5.78 Å². The van der Waals surface area contributed by atoms with Crippen molar-refractivity contribution in [3.8, 4) is 0 Å². The number of hydrogen-bond acceptors (Lipinski definition) is 4. The number of nitrogens with one attached hydrogen (secondary N) is 1. The van der Waals surface area contributed by atoms with Gasteiger partial charge in [-0.25, -0.2) is 4.98 Å². The molecular formula is C18H19ClN2O2. The van der Waals surface area contributed by atoms with Crippen LogP contribution >= 0.6 is 11.6 Å². The zero-order valence-corrected chi connectivity index (χ0v) is 13.8. The maximum atomic E-state index is 12.2. The van der Waals surface area contributed by atoms with E-state index in [0.717, 1.165) is 25.1 Å². The number of Topliss-reactive ketones (excluding diaryl/α,β-unsaturated/α-hetero) is 1. The van der Waals surface area contributed by atoms with Crippen LogP contribution < -0.4 is 5.32 Å². The predicted molar refractivity (Wildman–Crippen MR) is 90.0 cm³/mol. The molecular weight excluding hydrogens is 312 g/mol. The van der Waals surface area contributed by atoms with E-state index in [1.807, 2.05) is 12.1 Å². The summed E-state index contributed by atoms with van der Waals surface area (Å²) in [6.07, 6.45) is 2.76. The van der Waals surface area contributed by atoms with E-state index in [2.05, 4.69) is 22.4 Å². The Bertz CT molecular complexity index is 674. The first kappa shape index (κ1) is 16.1. The summed E-state index contributed by atoms with van der Waals surface area (Å²) >= 11 is 5.74. The quantitative estimate of drug-likeness (QED) is 0.653. The summed E-state index contributed by atoms with van der Waals surface area (Å²) in [4.78, 5) is 16.2. The predicted octanol–water partition coefficient (Wildman–Crippen LogP) is 2.69. The van der Waals surface area contributed by atoms with Crippen LogP contribution in [0.25, 0.3) is 0 Å². The van der Waals surface area contributed by atoms with Crippen LogP contribution in [0.2, 0.25) is 5.15 Å². The molecule has 5 heteroatoms. The van der Waals surface area contributed by atoms with Crippen LogP contribution in [0.5, 0.6) is 0 Å². The highest BCUT2D eigenvalue weighted by Gasteiger charge is 2.36. The summed E-state index contributed by atoms with van der Waals surface area (Å²) < 4.78 is 5.61. The zero-order valence-electron chi connectivity index (χ0n) is 13.0. The molecule has 4 nitrogen and oxygen atoms in total. The molecule has 0 saturated carbocycles. The van der Waals surface area contributed by atoms with Crippen LogP contribution in [0.15, 0.2) is 42.6 Å². The first-order valence-electron chi connectivity index (χ1n) is 7.59. The molecule has 1 aromatic carbocycles. The number of carbonyl (C=O) groups is 1. The molecule has 0 radical (unpaired) electrons. The van der Waals surface area contributed by atoms with E-state index < -0.39 is 0 Å². The average molecular weight is 331 g/mol.